The van der Waals surface area contributed by atoms with E-state index in [0.29, 0.717) is 13.2 Å². The van der Waals surface area contributed by atoms with Crippen LogP contribution in [0.5, 0.6) is 0 Å². The molecule has 0 saturated carbocycles. The number of ether oxygens (including phenoxy) is 2. The highest BCUT2D eigenvalue weighted by Crippen LogP contribution is 2.17. The third kappa shape index (κ3) is 17.2. The summed E-state index contributed by atoms with van der Waals surface area (Å²) >= 11 is 0. The van der Waals surface area contributed by atoms with Gasteiger partial charge in [-0.25, -0.2) is 0 Å². The van der Waals surface area contributed by atoms with E-state index in [1.54, 1.807) is 0 Å². The molecule has 0 aromatic carbocycles. The summed E-state index contributed by atoms with van der Waals surface area (Å²) in [4.78, 5) is 0. The van der Waals surface area contributed by atoms with Crippen molar-refractivity contribution in [1.82, 2.24) is 0 Å². The standard InChI is InChI=1S/C18H40O4Si3/c1-17(2)15-19-11-9-13-24(5,6)21-23-22-25(7,8)14-10-12-20-16-18(3)4/h1,3,9-16,23H2,2,4-8H3. The molecule has 148 valence electrons. The third-order valence-electron chi connectivity index (χ3n) is 3.73. The van der Waals surface area contributed by atoms with Gasteiger partial charge >= 0.3 is 0 Å². The van der Waals surface area contributed by atoms with Gasteiger partial charge in [0.15, 0.2) is 16.6 Å². The maximum absolute atomic E-state index is 6.23. The van der Waals surface area contributed by atoms with Crippen LogP contribution in [0.4, 0.5) is 0 Å². The van der Waals surface area contributed by atoms with Crippen LogP contribution in [-0.4, -0.2) is 53.1 Å². The maximum Gasteiger partial charge on any atom is 0.283 e. The van der Waals surface area contributed by atoms with Gasteiger partial charge in [0.1, 0.15) is 0 Å². The molecule has 0 aromatic rings. The highest BCUT2D eigenvalue weighted by atomic mass is 28.4. The Morgan fingerprint density at radius 3 is 1.44 bits per heavy atom. The largest absolute Gasteiger partial charge is 0.441 e. The maximum atomic E-state index is 6.23. The van der Waals surface area contributed by atoms with Gasteiger partial charge in [0.05, 0.1) is 13.2 Å². The lowest BCUT2D eigenvalue weighted by atomic mass is 10.4. The Bertz CT molecular complexity index is 362. The van der Waals surface area contributed by atoms with Gasteiger partial charge in [0.25, 0.3) is 10.0 Å². The van der Waals surface area contributed by atoms with E-state index < -0.39 is 26.6 Å². The van der Waals surface area contributed by atoms with Gasteiger partial charge in [-0.1, -0.05) is 24.3 Å². The second kappa shape index (κ2) is 13.2. The van der Waals surface area contributed by atoms with Crippen LogP contribution in [0, 0.1) is 0 Å². The molecule has 0 atom stereocenters. The SMILES string of the molecule is C=C(C)COCCC[Si](C)(C)O[SiH2]O[Si](C)(C)CCCOCC(=C)C. The molecule has 0 unspecified atom stereocenters. The van der Waals surface area contributed by atoms with Crippen molar-refractivity contribution in [2.45, 2.75) is 65.0 Å². The molecule has 0 bridgehead atoms. The lowest BCUT2D eigenvalue weighted by Crippen LogP contribution is -2.39. The third-order valence-corrected chi connectivity index (χ3v) is 14.0. The van der Waals surface area contributed by atoms with E-state index in [9.17, 15) is 0 Å². The molecule has 0 rings (SSSR count). The van der Waals surface area contributed by atoms with Crippen molar-refractivity contribution in [3.8, 4) is 0 Å². The molecule has 0 aliphatic carbocycles. The molecule has 4 nitrogen and oxygen atoms in total. The first kappa shape index (κ1) is 25.0. The van der Waals surface area contributed by atoms with E-state index in [1.807, 2.05) is 13.8 Å². The smallest absolute Gasteiger partial charge is 0.283 e. The van der Waals surface area contributed by atoms with Crippen molar-refractivity contribution >= 4 is 26.6 Å². The second-order valence-corrected chi connectivity index (χ2v) is 18.7. The van der Waals surface area contributed by atoms with Gasteiger partial charge in [0, 0.05) is 13.2 Å². The molecule has 0 amide bonds. The van der Waals surface area contributed by atoms with Crippen LogP contribution >= 0.6 is 0 Å². The Morgan fingerprint density at radius 2 is 1.12 bits per heavy atom. The van der Waals surface area contributed by atoms with Crippen LogP contribution in [0.15, 0.2) is 24.3 Å². The Labute approximate surface area is 160 Å². The minimum Gasteiger partial charge on any atom is -0.441 e. The molecule has 0 radical (unpaired) electrons. The van der Waals surface area contributed by atoms with E-state index in [0.717, 1.165) is 49.3 Å². The summed E-state index contributed by atoms with van der Waals surface area (Å²) in [6.07, 6.45) is 2.11. The molecule has 0 N–H and O–H groups in total. The summed E-state index contributed by atoms with van der Waals surface area (Å²) in [5, 5.41) is 0. The summed E-state index contributed by atoms with van der Waals surface area (Å²) in [6.45, 7) is 23.7. The van der Waals surface area contributed by atoms with Gasteiger partial charge in [-0.2, -0.15) is 0 Å². The van der Waals surface area contributed by atoms with Crippen LogP contribution in [-0.2, 0) is 17.7 Å². The van der Waals surface area contributed by atoms with Crippen molar-refractivity contribution in [2.24, 2.45) is 0 Å². The monoisotopic (exact) mass is 404 g/mol. The molecule has 0 fully saturated rings. The highest BCUT2D eigenvalue weighted by Gasteiger charge is 2.25. The van der Waals surface area contributed by atoms with Gasteiger partial charge in [-0.05, 0) is 65.0 Å². The summed E-state index contributed by atoms with van der Waals surface area (Å²) in [7, 11) is -4.12. The van der Waals surface area contributed by atoms with Crippen molar-refractivity contribution in [3.05, 3.63) is 24.3 Å². The zero-order valence-electron chi connectivity index (χ0n) is 17.4. The van der Waals surface area contributed by atoms with Crippen molar-refractivity contribution < 1.29 is 17.7 Å². The topological polar surface area (TPSA) is 36.9 Å². The van der Waals surface area contributed by atoms with Crippen molar-refractivity contribution in [1.29, 1.82) is 0 Å². The first-order chi connectivity index (χ1) is 11.5. The number of hydrogen-bond donors (Lipinski definition) is 0. The first-order valence-electron chi connectivity index (χ1n) is 9.26. The average Bonchev–Trinajstić information content (AvgIpc) is 2.45. The van der Waals surface area contributed by atoms with Crippen molar-refractivity contribution in [2.75, 3.05) is 26.4 Å². The van der Waals surface area contributed by atoms with Gasteiger partial charge in [-0.3, -0.25) is 0 Å². The molecule has 25 heavy (non-hydrogen) atoms. The molecular formula is C18H40O4Si3. The first-order valence-corrected chi connectivity index (χ1v) is 16.6. The number of hydrogen-bond acceptors (Lipinski definition) is 4. The van der Waals surface area contributed by atoms with E-state index in [1.165, 1.54) is 0 Å². The van der Waals surface area contributed by atoms with Gasteiger partial charge in [-0.15, -0.1) is 0 Å². The van der Waals surface area contributed by atoms with Crippen molar-refractivity contribution in [3.63, 3.8) is 0 Å². The molecule has 0 aliphatic heterocycles. The second-order valence-electron chi connectivity index (χ2n) is 8.15. The number of rotatable bonds is 16. The fourth-order valence-corrected chi connectivity index (χ4v) is 8.65. The fourth-order valence-electron chi connectivity index (χ4n) is 2.19. The molecular weight excluding hydrogens is 364 g/mol. The van der Waals surface area contributed by atoms with Crippen LogP contribution < -0.4 is 0 Å². The highest BCUT2D eigenvalue weighted by molar-refractivity contribution is 6.78. The van der Waals surface area contributed by atoms with Crippen LogP contribution in [0.2, 0.25) is 38.3 Å². The summed E-state index contributed by atoms with van der Waals surface area (Å²) in [5.41, 5.74) is 2.15. The predicted octanol–water partition coefficient (Wildman–Crippen LogP) is 4.39. The lowest BCUT2D eigenvalue weighted by molar-refractivity contribution is 0.156. The zero-order valence-corrected chi connectivity index (χ0v) is 20.8. The lowest BCUT2D eigenvalue weighted by Gasteiger charge is -2.28. The Kier molecular flexibility index (Phi) is 13.2. The minimum absolute atomic E-state index is 0.663. The molecule has 0 spiro atoms. The van der Waals surface area contributed by atoms with Crippen LogP contribution in [0.25, 0.3) is 0 Å². The van der Waals surface area contributed by atoms with E-state index in [-0.39, 0.29) is 0 Å². The van der Waals surface area contributed by atoms with Gasteiger partial charge < -0.3 is 17.7 Å². The molecule has 7 heteroatoms. The van der Waals surface area contributed by atoms with E-state index >= 15 is 0 Å². The normalized spacial score (nSPS) is 12.4. The average molecular weight is 405 g/mol. The van der Waals surface area contributed by atoms with E-state index in [2.05, 4.69) is 39.3 Å². The molecule has 0 heterocycles. The van der Waals surface area contributed by atoms with Crippen LogP contribution in [0.1, 0.15) is 26.7 Å². The molecule has 0 saturated heterocycles. The molecule has 0 aromatic heterocycles. The fraction of sp³-hybridized carbons (Fsp3) is 0.778. The Morgan fingerprint density at radius 1 is 0.760 bits per heavy atom. The predicted molar refractivity (Wildman–Crippen MR) is 116 cm³/mol. The van der Waals surface area contributed by atoms with Gasteiger partial charge in [0.2, 0.25) is 0 Å². The quantitative estimate of drug-likeness (QED) is 0.217. The summed E-state index contributed by atoms with van der Waals surface area (Å²) in [5.74, 6) is 0. The van der Waals surface area contributed by atoms with Crippen LogP contribution in [0.3, 0.4) is 0 Å². The zero-order chi connectivity index (χ0) is 19.3. The Balaban J connectivity index is 3.81. The molecule has 0 aliphatic rings. The summed E-state index contributed by atoms with van der Waals surface area (Å²) in [6, 6.07) is 2.24. The Hall–Kier alpha value is -0.0294. The summed E-state index contributed by atoms with van der Waals surface area (Å²) < 4.78 is 23.6. The minimum atomic E-state index is -1.61. The van der Waals surface area contributed by atoms with E-state index in [4.69, 9.17) is 17.7 Å².